The first-order valence-electron chi connectivity index (χ1n) is 15.3. The number of hydrogen-bond acceptors (Lipinski definition) is 1. The summed E-state index contributed by atoms with van der Waals surface area (Å²) in [6, 6.07) is 0. The van der Waals surface area contributed by atoms with Gasteiger partial charge in [0.1, 0.15) is 0 Å². The Bertz CT molecular complexity index is 732. The highest BCUT2D eigenvalue weighted by Crippen LogP contribution is 2.72. The van der Waals surface area contributed by atoms with E-state index < -0.39 is 0 Å². The van der Waals surface area contributed by atoms with E-state index in [0.29, 0.717) is 17.0 Å². The molecule has 0 heterocycles. The maximum atomic E-state index is 13.0. The van der Waals surface area contributed by atoms with Crippen LogP contribution >= 0.6 is 0 Å². The highest BCUT2D eigenvalue weighted by molar-refractivity contribution is 6.74. The fraction of sp³-hybridized carbons (Fsp3) is 0.774. The summed E-state index contributed by atoms with van der Waals surface area (Å²) in [4.78, 5) is 13.0. The van der Waals surface area contributed by atoms with Crippen molar-refractivity contribution in [1.29, 1.82) is 0 Å². The minimum absolute atomic E-state index is 0.189. The standard InChI is InChI=1S/C31H51B2NO/c1-3-5-17-26(4-2)32-27-20-13-15-25(16-14-21-27)30-22-31(23-30,24-30)34-29(35)33-28-18-11-9-7-6-8-10-12-19-28/h3-5,17,25,27-28,32-33H,2,6-16,18-24H2,1H3,(H,34,35)/b5-3-,26-17+. The lowest BCUT2D eigenvalue weighted by Crippen LogP contribution is -2.76. The first-order valence-corrected chi connectivity index (χ1v) is 15.3. The van der Waals surface area contributed by atoms with Crippen molar-refractivity contribution in [3.05, 3.63) is 36.4 Å². The molecule has 0 saturated heterocycles. The molecule has 0 aromatic heterocycles. The second-order valence-electron chi connectivity index (χ2n) is 12.9. The monoisotopic (exact) mass is 475 g/mol. The topological polar surface area (TPSA) is 29.1 Å². The second-order valence-corrected chi connectivity index (χ2v) is 12.9. The zero-order chi connectivity index (χ0) is 24.6. The van der Waals surface area contributed by atoms with Crippen LogP contribution in [0.4, 0.5) is 4.79 Å². The van der Waals surface area contributed by atoms with Crippen LogP contribution in [0.25, 0.3) is 0 Å². The third-order valence-electron chi connectivity index (χ3n) is 10.2. The van der Waals surface area contributed by atoms with E-state index in [4.69, 9.17) is 0 Å². The Balaban J connectivity index is 1.18. The predicted molar refractivity (Wildman–Crippen MR) is 155 cm³/mol. The number of hydrogen-bond donors (Lipinski definition) is 1. The summed E-state index contributed by atoms with van der Waals surface area (Å²) in [5.74, 6) is 2.72. The van der Waals surface area contributed by atoms with Gasteiger partial charge in [-0.2, -0.15) is 0 Å². The summed E-state index contributed by atoms with van der Waals surface area (Å²) >= 11 is 0. The van der Waals surface area contributed by atoms with Crippen molar-refractivity contribution >= 4 is 20.4 Å². The van der Waals surface area contributed by atoms with Crippen molar-refractivity contribution in [3.63, 3.8) is 0 Å². The fourth-order valence-electron chi connectivity index (χ4n) is 8.32. The Morgan fingerprint density at radius 2 is 1.34 bits per heavy atom. The molecule has 2 bridgehead atoms. The molecule has 0 unspecified atom stereocenters. The second kappa shape index (κ2) is 12.9. The minimum Gasteiger partial charge on any atom is -0.360 e. The van der Waals surface area contributed by atoms with Crippen LogP contribution in [0.3, 0.4) is 0 Å². The molecule has 192 valence electrons. The van der Waals surface area contributed by atoms with Gasteiger partial charge in [-0.1, -0.05) is 131 Å². The average Bonchev–Trinajstić information content (AvgIpc) is 2.78. The van der Waals surface area contributed by atoms with Crippen molar-refractivity contribution in [2.45, 2.75) is 140 Å². The fourth-order valence-corrected chi connectivity index (χ4v) is 8.32. The highest BCUT2D eigenvalue weighted by atomic mass is 16.1. The van der Waals surface area contributed by atoms with Crippen LogP contribution in [0.5, 0.6) is 0 Å². The Hall–Kier alpha value is -1.18. The van der Waals surface area contributed by atoms with Crippen LogP contribution in [0.15, 0.2) is 36.4 Å². The highest BCUT2D eigenvalue weighted by Gasteiger charge is 2.70. The summed E-state index contributed by atoms with van der Waals surface area (Å²) < 4.78 is 0. The molecule has 0 aromatic rings. The number of allylic oxidation sites excluding steroid dienone is 5. The summed E-state index contributed by atoms with van der Waals surface area (Å²) in [5.41, 5.74) is 2.16. The third-order valence-corrected chi connectivity index (χ3v) is 10.2. The Morgan fingerprint density at radius 3 is 1.91 bits per heavy atom. The van der Waals surface area contributed by atoms with Crippen molar-refractivity contribution in [2.24, 2.45) is 11.3 Å². The molecule has 2 nitrogen and oxygen atoms in total. The maximum Gasteiger partial charge on any atom is 0.237 e. The van der Waals surface area contributed by atoms with Gasteiger partial charge in [0.2, 0.25) is 7.28 Å². The number of rotatable bonds is 8. The zero-order valence-corrected chi connectivity index (χ0v) is 22.8. The predicted octanol–water partition coefficient (Wildman–Crippen LogP) is 8.21. The van der Waals surface area contributed by atoms with Crippen LogP contribution in [-0.2, 0) is 0 Å². The van der Waals surface area contributed by atoms with Crippen molar-refractivity contribution < 1.29 is 4.79 Å². The molecule has 4 heteroatoms. The van der Waals surface area contributed by atoms with Gasteiger partial charge in [-0.25, -0.2) is 0 Å². The Kier molecular flexibility index (Phi) is 9.88. The molecule has 0 atom stereocenters. The van der Waals surface area contributed by atoms with Gasteiger partial charge in [-0.15, -0.1) is 0 Å². The third kappa shape index (κ3) is 7.20. The first-order chi connectivity index (χ1) is 17.1. The normalized spacial score (nSPS) is 35.1. The van der Waals surface area contributed by atoms with Gasteiger partial charge in [0.05, 0.1) is 0 Å². The molecule has 5 rings (SSSR count). The van der Waals surface area contributed by atoms with E-state index >= 15 is 0 Å². The van der Waals surface area contributed by atoms with Crippen LogP contribution in [-0.4, -0.2) is 25.9 Å². The summed E-state index contributed by atoms with van der Waals surface area (Å²) in [6.45, 7) is 6.11. The van der Waals surface area contributed by atoms with Crippen molar-refractivity contribution in [3.8, 4) is 0 Å². The van der Waals surface area contributed by atoms with Crippen molar-refractivity contribution in [1.82, 2.24) is 5.32 Å². The van der Waals surface area contributed by atoms with Crippen LogP contribution in [0.1, 0.15) is 122 Å². The molecule has 5 aliphatic rings. The van der Waals surface area contributed by atoms with Gasteiger partial charge in [0.15, 0.2) is 13.1 Å². The summed E-state index contributed by atoms with van der Waals surface area (Å²) in [6.07, 6.45) is 32.8. The summed E-state index contributed by atoms with van der Waals surface area (Å²) in [7, 11) is 1.98. The minimum atomic E-state index is 0.189. The van der Waals surface area contributed by atoms with E-state index in [2.05, 4.69) is 43.1 Å². The molecule has 0 spiro atoms. The van der Waals surface area contributed by atoms with Crippen molar-refractivity contribution in [2.75, 3.05) is 0 Å². The van der Waals surface area contributed by atoms with Gasteiger partial charge in [0, 0.05) is 5.54 Å². The smallest absolute Gasteiger partial charge is 0.237 e. The zero-order valence-electron chi connectivity index (χ0n) is 22.8. The molecule has 1 amide bonds. The number of carbonyl (C=O) groups is 1. The molecular formula is C31H51B2NO. The van der Waals surface area contributed by atoms with Gasteiger partial charge >= 0.3 is 0 Å². The van der Waals surface area contributed by atoms with Gasteiger partial charge < -0.3 is 5.32 Å². The van der Waals surface area contributed by atoms with Gasteiger partial charge in [-0.05, 0) is 50.4 Å². The SMILES string of the molecule is C=C/C(BC1CCCC(C23CC(NC(=O)BC4CCCCCCCCC4)(C2)C3)CCC1)=C\C=C/C. The van der Waals surface area contributed by atoms with E-state index in [1.807, 2.05) is 0 Å². The molecule has 0 aliphatic heterocycles. The lowest BCUT2D eigenvalue weighted by molar-refractivity contribution is -0.188. The average molecular weight is 475 g/mol. The molecule has 35 heavy (non-hydrogen) atoms. The molecule has 5 saturated carbocycles. The number of carbonyl (C=O) groups excluding carboxylic acids is 1. The van der Waals surface area contributed by atoms with Crippen LogP contribution in [0, 0.1) is 11.3 Å². The molecule has 5 fully saturated rings. The lowest BCUT2D eigenvalue weighted by atomic mass is 9.34. The molecular weight excluding hydrogens is 424 g/mol. The Morgan fingerprint density at radius 1 is 0.800 bits per heavy atom. The van der Waals surface area contributed by atoms with E-state index in [1.54, 1.807) is 0 Å². The molecule has 0 radical (unpaired) electrons. The lowest BCUT2D eigenvalue weighted by Gasteiger charge is -2.74. The van der Waals surface area contributed by atoms with E-state index in [0.717, 1.165) is 19.0 Å². The van der Waals surface area contributed by atoms with E-state index in [1.165, 1.54) is 128 Å². The largest absolute Gasteiger partial charge is 0.360 e. The molecule has 1 N–H and O–H groups in total. The van der Waals surface area contributed by atoms with Gasteiger partial charge in [-0.3, -0.25) is 4.79 Å². The molecule has 5 aliphatic carbocycles. The maximum absolute atomic E-state index is 13.0. The summed E-state index contributed by atoms with van der Waals surface area (Å²) in [5, 5.41) is 3.55. The first kappa shape index (κ1) is 26.9. The Labute approximate surface area is 217 Å². The van der Waals surface area contributed by atoms with E-state index in [9.17, 15) is 4.79 Å². The van der Waals surface area contributed by atoms with E-state index in [-0.39, 0.29) is 5.54 Å². The number of nitrogens with one attached hydrogen (secondary N) is 1. The van der Waals surface area contributed by atoms with Gasteiger partial charge in [0.25, 0.3) is 0 Å². The number of amides is 1. The van der Waals surface area contributed by atoms with Crippen LogP contribution < -0.4 is 5.32 Å². The van der Waals surface area contributed by atoms with Crippen LogP contribution in [0.2, 0.25) is 11.6 Å². The molecule has 0 aromatic carbocycles. The quantitative estimate of drug-likeness (QED) is 0.278.